The van der Waals surface area contributed by atoms with Crippen molar-refractivity contribution >= 4 is 17.3 Å². The zero-order chi connectivity index (χ0) is 9.10. The lowest BCUT2D eigenvalue weighted by Crippen LogP contribution is -1.84. The van der Waals surface area contributed by atoms with Crippen LogP contribution in [0.3, 0.4) is 0 Å². The van der Waals surface area contributed by atoms with Crippen molar-refractivity contribution in [1.82, 2.24) is 5.16 Å². The number of aldehydes is 1. The summed E-state index contributed by atoms with van der Waals surface area (Å²) in [5.41, 5.74) is 1.89. The van der Waals surface area contributed by atoms with E-state index in [4.69, 9.17) is 4.52 Å². The molecule has 0 N–H and O–H groups in total. The lowest BCUT2D eigenvalue weighted by Gasteiger charge is -1.95. The van der Waals surface area contributed by atoms with Crippen LogP contribution in [-0.2, 0) is 11.2 Å². The summed E-state index contributed by atoms with van der Waals surface area (Å²) < 4.78 is 5.00. The minimum absolute atomic E-state index is 0.555. The van der Waals surface area contributed by atoms with Gasteiger partial charge in [-0.25, -0.2) is 0 Å². The van der Waals surface area contributed by atoms with E-state index in [1.54, 1.807) is 6.20 Å². The van der Waals surface area contributed by atoms with E-state index >= 15 is 0 Å². The molecule has 2 rings (SSSR count). The van der Waals surface area contributed by atoms with Crippen molar-refractivity contribution in [3.05, 3.63) is 30.0 Å². The Morgan fingerprint density at radius 1 is 1.46 bits per heavy atom. The minimum atomic E-state index is 0.555. The smallest absolute Gasteiger partial charge is 0.167 e. The second kappa shape index (κ2) is 3.39. The molecule has 3 nitrogen and oxygen atoms in total. The van der Waals surface area contributed by atoms with Crippen molar-refractivity contribution in [2.24, 2.45) is 0 Å². The van der Waals surface area contributed by atoms with Crippen molar-refractivity contribution in [3.63, 3.8) is 0 Å². The zero-order valence-corrected chi connectivity index (χ0v) is 7.06. The molecule has 0 unspecified atom stereocenters. The number of rotatable bonds is 3. The Morgan fingerprint density at radius 3 is 3.23 bits per heavy atom. The van der Waals surface area contributed by atoms with Crippen LogP contribution in [0.2, 0.25) is 0 Å². The molecule has 0 atom stereocenters. The molecule has 0 bridgehead atoms. The van der Waals surface area contributed by atoms with Crippen molar-refractivity contribution in [1.29, 1.82) is 0 Å². The molecule has 1 heterocycles. The average Bonchev–Trinajstić information content (AvgIpc) is 2.61. The fourth-order valence-corrected chi connectivity index (χ4v) is 1.29. The molecule has 66 valence electrons. The Hall–Kier alpha value is -1.64. The van der Waals surface area contributed by atoms with Gasteiger partial charge in [0.15, 0.2) is 5.58 Å². The monoisotopic (exact) mass is 175 g/mol. The highest BCUT2D eigenvalue weighted by molar-refractivity contribution is 5.76. The molecule has 0 amide bonds. The standard InChI is InChI=1S/C10H9NO2/c12-5-1-2-8-3-4-9-7-11-13-10(9)6-8/h3-7H,1-2H2. The Morgan fingerprint density at radius 2 is 2.38 bits per heavy atom. The quantitative estimate of drug-likeness (QED) is 0.669. The highest BCUT2D eigenvalue weighted by Crippen LogP contribution is 2.15. The average molecular weight is 175 g/mol. The molecule has 0 radical (unpaired) electrons. The molecule has 3 heteroatoms. The van der Waals surface area contributed by atoms with Gasteiger partial charge >= 0.3 is 0 Å². The SMILES string of the molecule is O=CCCc1ccc2cnoc2c1. The van der Waals surface area contributed by atoms with Gasteiger partial charge in [0.2, 0.25) is 0 Å². The molecule has 1 aromatic carbocycles. The molecule has 0 aliphatic carbocycles. The van der Waals surface area contributed by atoms with Gasteiger partial charge in [0.1, 0.15) is 6.29 Å². The van der Waals surface area contributed by atoms with Gasteiger partial charge in [-0.3, -0.25) is 0 Å². The summed E-state index contributed by atoms with van der Waals surface area (Å²) in [5.74, 6) is 0. The molecule has 0 aliphatic heterocycles. The van der Waals surface area contributed by atoms with Crippen LogP contribution in [0.25, 0.3) is 11.0 Å². The molecule has 0 aliphatic rings. The summed E-state index contributed by atoms with van der Waals surface area (Å²) >= 11 is 0. The number of hydrogen-bond donors (Lipinski definition) is 0. The first-order valence-electron chi connectivity index (χ1n) is 4.17. The first-order chi connectivity index (χ1) is 6.40. The summed E-state index contributed by atoms with van der Waals surface area (Å²) in [6, 6.07) is 5.86. The topological polar surface area (TPSA) is 43.1 Å². The van der Waals surface area contributed by atoms with Gasteiger partial charge in [0.05, 0.1) is 6.20 Å². The van der Waals surface area contributed by atoms with Crippen LogP contribution in [0.15, 0.2) is 28.9 Å². The van der Waals surface area contributed by atoms with Gasteiger partial charge in [-0.2, -0.15) is 0 Å². The molecular formula is C10H9NO2. The fourth-order valence-electron chi connectivity index (χ4n) is 1.29. The molecule has 0 saturated heterocycles. The third-order valence-electron chi connectivity index (χ3n) is 1.97. The number of benzene rings is 1. The predicted octanol–water partition coefficient (Wildman–Crippen LogP) is 1.96. The Bertz CT molecular complexity index is 420. The number of carbonyl (C=O) groups is 1. The van der Waals surface area contributed by atoms with E-state index in [1.807, 2.05) is 18.2 Å². The van der Waals surface area contributed by atoms with Crippen LogP contribution in [0.4, 0.5) is 0 Å². The van der Waals surface area contributed by atoms with Gasteiger partial charge in [-0.1, -0.05) is 11.2 Å². The van der Waals surface area contributed by atoms with Gasteiger partial charge in [0, 0.05) is 11.8 Å². The van der Waals surface area contributed by atoms with Crippen LogP contribution in [0.1, 0.15) is 12.0 Å². The maximum Gasteiger partial charge on any atom is 0.167 e. The molecule has 0 spiro atoms. The second-order valence-corrected chi connectivity index (χ2v) is 2.90. The molecular weight excluding hydrogens is 166 g/mol. The van der Waals surface area contributed by atoms with E-state index in [-0.39, 0.29) is 0 Å². The first kappa shape index (κ1) is 7.98. The highest BCUT2D eigenvalue weighted by atomic mass is 16.5. The lowest BCUT2D eigenvalue weighted by atomic mass is 10.1. The van der Waals surface area contributed by atoms with E-state index in [0.717, 1.165) is 29.2 Å². The fraction of sp³-hybridized carbons (Fsp3) is 0.200. The van der Waals surface area contributed by atoms with E-state index in [2.05, 4.69) is 5.16 Å². The van der Waals surface area contributed by atoms with Crippen LogP contribution < -0.4 is 0 Å². The summed E-state index contributed by atoms with van der Waals surface area (Å²) in [5, 5.41) is 4.67. The van der Waals surface area contributed by atoms with E-state index in [1.165, 1.54) is 0 Å². The summed E-state index contributed by atoms with van der Waals surface area (Å²) in [4.78, 5) is 10.2. The molecule has 13 heavy (non-hydrogen) atoms. The Balaban J connectivity index is 2.31. The van der Waals surface area contributed by atoms with E-state index in [9.17, 15) is 4.79 Å². The molecule has 0 fully saturated rings. The number of nitrogens with zero attached hydrogens (tertiary/aromatic N) is 1. The molecule has 2 aromatic rings. The summed E-state index contributed by atoms with van der Waals surface area (Å²) in [7, 11) is 0. The number of fused-ring (bicyclic) bond motifs is 1. The molecule has 0 saturated carbocycles. The number of hydrogen-bond acceptors (Lipinski definition) is 3. The van der Waals surface area contributed by atoms with Crippen LogP contribution in [-0.4, -0.2) is 11.4 Å². The summed E-state index contributed by atoms with van der Waals surface area (Å²) in [6.45, 7) is 0. The highest BCUT2D eigenvalue weighted by Gasteiger charge is 1.99. The van der Waals surface area contributed by atoms with E-state index < -0.39 is 0 Å². The van der Waals surface area contributed by atoms with Crippen molar-refractivity contribution < 1.29 is 9.32 Å². The number of aryl methyl sites for hydroxylation is 1. The first-order valence-corrected chi connectivity index (χ1v) is 4.17. The van der Waals surface area contributed by atoms with Crippen LogP contribution in [0, 0.1) is 0 Å². The minimum Gasteiger partial charge on any atom is -0.356 e. The Kier molecular flexibility index (Phi) is 2.08. The van der Waals surface area contributed by atoms with E-state index in [0.29, 0.717) is 6.42 Å². The Labute approximate surface area is 75.3 Å². The lowest BCUT2D eigenvalue weighted by molar-refractivity contribution is -0.107. The second-order valence-electron chi connectivity index (χ2n) is 2.90. The predicted molar refractivity (Wildman–Crippen MR) is 48.4 cm³/mol. The van der Waals surface area contributed by atoms with Crippen LogP contribution >= 0.6 is 0 Å². The molecule has 1 aromatic heterocycles. The van der Waals surface area contributed by atoms with Gasteiger partial charge in [-0.15, -0.1) is 0 Å². The third kappa shape index (κ3) is 1.59. The zero-order valence-electron chi connectivity index (χ0n) is 7.06. The van der Waals surface area contributed by atoms with Crippen molar-refractivity contribution in [2.75, 3.05) is 0 Å². The summed E-state index contributed by atoms with van der Waals surface area (Å²) in [6.07, 6.45) is 3.92. The number of aromatic nitrogens is 1. The van der Waals surface area contributed by atoms with Crippen molar-refractivity contribution in [2.45, 2.75) is 12.8 Å². The number of carbonyl (C=O) groups excluding carboxylic acids is 1. The van der Waals surface area contributed by atoms with Gasteiger partial charge in [0.25, 0.3) is 0 Å². The van der Waals surface area contributed by atoms with Gasteiger partial charge in [-0.05, 0) is 24.1 Å². The maximum absolute atomic E-state index is 10.2. The van der Waals surface area contributed by atoms with Gasteiger partial charge < -0.3 is 9.32 Å². The van der Waals surface area contributed by atoms with Crippen molar-refractivity contribution in [3.8, 4) is 0 Å². The third-order valence-corrected chi connectivity index (χ3v) is 1.97. The maximum atomic E-state index is 10.2. The normalized spacial score (nSPS) is 10.5. The largest absolute Gasteiger partial charge is 0.356 e. The van der Waals surface area contributed by atoms with Crippen LogP contribution in [0.5, 0.6) is 0 Å².